The largest absolute Gasteiger partial charge is 0.328 e. The molecule has 0 aliphatic carbocycles. The number of nitrogens with zero attached hydrogens (tertiary/aromatic N) is 1. The fraction of sp³-hybridized carbons (Fsp3) is 0.308. The van der Waals surface area contributed by atoms with Gasteiger partial charge in [0.05, 0.1) is 5.52 Å². The minimum absolute atomic E-state index is 0.115. The lowest BCUT2D eigenvalue weighted by Gasteiger charge is -2.09. The van der Waals surface area contributed by atoms with Gasteiger partial charge in [-0.25, -0.2) is 0 Å². The van der Waals surface area contributed by atoms with Gasteiger partial charge in [0.25, 0.3) is 0 Å². The van der Waals surface area contributed by atoms with Gasteiger partial charge in [0.1, 0.15) is 0 Å². The highest BCUT2D eigenvalue weighted by molar-refractivity contribution is 6.31. The van der Waals surface area contributed by atoms with Crippen molar-refractivity contribution in [3.8, 4) is 0 Å². The summed E-state index contributed by atoms with van der Waals surface area (Å²) in [5.74, 6) is 0. The molecule has 0 bridgehead atoms. The van der Waals surface area contributed by atoms with E-state index in [9.17, 15) is 0 Å². The van der Waals surface area contributed by atoms with E-state index >= 15 is 0 Å². The van der Waals surface area contributed by atoms with Gasteiger partial charge in [-0.05, 0) is 44.0 Å². The monoisotopic (exact) mass is 234 g/mol. The highest BCUT2D eigenvalue weighted by Gasteiger charge is 2.07. The van der Waals surface area contributed by atoms with Gasteiger partial charge in [0.15, 0.2) is 0 Å². The molecule has 0 saturated heterocycles. The lowest BCUT2D eigenvalue weighted by Crippen LogP contribution is -2.18. The number of aryl methyl sites for hydroxylation is 1. The Morgan fingerprint density at radius 3 is 2.81 bits per heavy atom. The van der Waals surface area contributed by atoms with Gasteiger partial charge in [-0.2, -0.15) is 0 Å². The number of nitrogens with two attached hydrogens (primary N) is 1. The van der Waals surface area contributed by atoms with E-state index < -0.39 is 0 Å². The lowest BCUT2D eigenvalue weighted by molar-refractivity contribution is 0.740. The molecule has 0 aliphatic heterocycles. The first-order chi connectivity index (χ1) is 7.56. The van der Waals surface area contributed by atoms with Gasteiger partial charge in [-0.15, -0.1) is 0 Å². The standard InChI is InChI=1S/C13H15ClN2/c1-8(15)5-11-7-12(14)6-10-4-3-9(2)16-13(10)11/h3-4,6-8H,5,15H2,1-2H3. The Morgan fingerprint density at radius 1 is 1.38 bits per heavy atom. The van der Waals surface area contributed by atoms with Crippen LogP contribution in [0.15, 0.2) is 24.3 Å². The average molecular weight is 235 g/mol. The molecule has 2 N–H and O–H groups in total. The van der Waals surface area contributed by atoms with Gasteiger partial charge in [-0.3, -0.25) is 4.98 Å². The summed E-state index contributed by atoms with van der Waals surface area (Å²) in [7, 11) is 0. The van der Waals surface area contributed by atoms with Crippen molar-refractivity contribution in [2.45, 2.75) is 26.3 Å². The first kappa shape index (κ1) is 11.4. The van der Waals surface area contributed by atoms with Crippen LogP contribution in [0.5, 0.6) is 0 Å². The van der Waals surface area contributed by atoms with Crippen molar-refractivity contribution in [2.75, 3.05) is 0 Å². The molecule has 0 fully saturated rings. The highest BCUT2D eigenvalue weighted by Crippen LogP contribution is 2.23. The number of halogens is 1. The van der Waals surface area contributed by atoms with E-state index in [0.29, 0.717) is 0 Å². The SMILES string of the molecule is Cc1ccc2cc(Cl)cc(CC(C)N)c2n1. The van der Waals surface area contributed by atoms with E-state index in [1.807, 2.05) is 38.1 Å². The van der Waals surface area contributed by atoms with Gasteiger partial charge in [0.2, 0.25) is 0 Å². The summed E-state index contributed by atoms with van der Waals surface area (Å²) in [6, 6.07) is 8.06. The lowest BCUT2D eigenvalue weighted by atomic mass is 10.0. The minimum atomic E-state index is 0.115. The number of hydrogen-bond acceptors (Lipinski definition) is 2. The first-order valence-corrected chi connectivity index (χ1v) is 5.75. The second-order valence-corrected chi connectivity index (χ2v) is 4.71. The van der Waals surface area contributed by atoms with Crippen LogP contribution in [0.2, 0.25) is 5.02 Å². The smallest absolute Gasteiger partial charge is 0.0738 e. The summed E-state index contributed by atoms with van der Waals surface area (Å²) < 4.78 is 0. The molecule has 1 atom stereocenters. The fourth-order valence-electron chi connectivity index (χ4n) is 1.87. The maximum atomic E-state index is 6.08. The molecule has 2 aromatic rings. The third-order valence-electron chi connectivity index (χ3n) is 2.52. The quantitative estimate of drug-likeness (QED) is 0.867. The first-order valence-electron chi connectivity index (χ1n) is 5.37. The second kappa shape index (κ2) is 4.40. The Hall–Kier alpha value is -1.12. The number of benzene rings is 1. The van der Waals surface area contributed by atoms with Crippen molar-refractivity contribution >= 4 is 22.5 Å². The zero-order valence-corrected chi connectivity index (χ0v) is 10.3. The molecule has 2 nitrogen and oxygen atoms in total. The predicted molar refractivity (Wildman–Crippen MR) is 68.8 cm³/mol. The maximum absolute atomic E-state index is 6.08. The fourth-order valence-corrected chi connectivity index (χ4v) is 2.12. The van der Waals surface area contributed by atoms with Crippen molar-refractivity contribution in [2.24, 2.45) is 5.73 Å². The molecule has 1 aromatic heterocycles. The van der Waals surface area contributed by atoms with Gasteiger partial charge in [-0.1, -0.05) is 17.7 Å². The molecule has 0 saturated carbocycles. The Labute approximate surface area is 100 Å². The third-order valence-corrected chi connectivity index (χ3v) is 2.74. The van der Waals surface area contributed by atoms with Crippen LogP contribution in [-0.4, -0.2) is 11.0 Å². The summed E-state index contributed by atoms with van der Waals surface area (Å²) in [6.07, 6.45) is 0.799. The van der Waals surface area contributed by atoms with Crippen LogP contribution in [0.25, 0.3) is 10.9 Å². The van der Waals surface area contributed by atoms with Crippen molar-refractivity contribution in [1.29, 1.82) is 0 Å². The minimum Gasteiger partial charge on any atom is -0.328 e. The second-order valence-electron chi connectivity index (χ2n) is 4.27. The van der Waals surface area contributed by atoms with E-state index in [4.69, 9.17) is 17.3 Å². The molecular formula is C13H15ClN2. The summed E-state index contributed by atoms with van der Waals surface area (Å²) in [6.45, 7) is 3.98. The predicted octanol–water partition coefficient (Wildman–Crippen LogP) is 3.09. The molecule has 3 heteroatoms. The highest BCUT2D eigenvalue weighted by atomic mass is 35.5. The molecule has 16 heavy (non-hydrogen) atoms. The summed E-state index contributed by atoms with van der Waals surface area (Å²) in [4.78, 5) is 4.56. The molecule has 0 aliphatic rings. The molecule has 84 valence electrons. The molecule has 0 amide bonds. The molecule has 0 spiro atoms. The van der Waals surface area contributed by atoms with Crippen LogP contribution >= 0.6 is 11.6 Å². The molecule has 1 aromatic carbocycles. The van der Waals surface area contributed by atoms with E-state index in [-0.39, 0.29) is 6.04 Å². The average Bonchev–Trinajstić information content (AvgIpc) is 2.18. The molecular weight excluding hydrogens is 220 g/mol. The molecule has 2 rings (SSSR count). The van der Waals surface area contributed by atoms with Crippen LogP contribution in [0, 0.1) is 6.92 Å². The summed E-state index contributed by atoms with van der Waals surface area (Å²) >= 11 is 6.08. The topological polar surface area (TPSA) is 38.9 Å². The van der Waals surface area contributed by atoms with Crippen molar-refractivity contribution in [1.82, 2.24) is 4.98 Å². The van der Waals surface area contributed by atoms with Crippen LogP contribution in [-0.2, 0) is 6.42 Å². The number of fused-ring (bicyclic) bond motifs is 1. The Bertz CT molecular complexity index is 521. The number of hydrogen-bond donors (Lipinski definition) is 1. The Balaban J connectivity index is 2.64. The zero-order chi connectivity index (χ0) is 11.7. The zero-order valence-electron chi connectivity index (χ0n) is 9.50. The van der Waals surface area contributed by atoms with Crippen molar-refractivity contribution in [3.05, 3.63) is 40.5 Å². The summed E-state index contributed by atoms with van der Waals surface area (Å²) in [5, 5.41) is 1.82. The number of rotatable bonds is 2. The van der Waals surface area contributed by atoms with E-state index in [2.05, 4.69) is 4.98 Å². The van der Waals surface area contributed by atoms with E-state index in [1.54, 1.807) is 0 Å². The van der Waals surface area contributed by atoms with Crippen LogP contribution in [0.3, 0.4) is 0 Å². The van der Waals surface area contributed by atoms with Crippen LogP contribution in [0.4, 0.5) is 0 Å². The van der Waals surface area contributed by atoms with E-state index in [1.165, 1.54) is 0 Å². The number of pyridine rings is 1. The summed E-state index contributed by atoms with van der Waals surface area (Å²) in [5.41, 5.74) is 8.99. The molecule has 1 unspecified atom stereocenters. The Kier molecular flexibility index (Phi) is 3.13. The normalized spacial score (nSPS) is 13.0. The Morgan fingerprint density at radius 2 is 2.12 bits per heavy atom. The third kappa shape index (κ3) is 2.34. The van der Waals surface area contributed by atoms with Gasteiger partial charge < -0.3 is 5.73 Å². The maximum Gasteiger partial charge on any atom is 0.0738 e. The van der Waals surface area contributed by atoms with Gasteiger partial charge >= 0.3 is 0 Å². The van der Waals surface area contributed by atoms with Crippen molar-refractivity contribution in [3.63, 3.8) is 0 Å². The van der Waals surface area contributed by atoms with E-state index in [0.717, 1.165) is 33.6 Å². The molecule has 1 heterocycles. The number of aromatic nitrogens is 1. The van der Waals surface area contributed by atoms with Crippen molar-refractivity contribution < 1.29 is 0 Å². The van der Waals surface area contributed by atoms with Gasteiger partial charge in [0, 0.05) is 22.1 Å². The van der Waals surface area contributed by atoms with Crippen LogP contribution < -0.4 is 5.73 Å². The molecule has 0 radical (unpaired) electrons. The van der Waals surface area contributed by atoms with Crippen LogP contribution in [0.1, 0.15) is 18.2 Å².